The van der Waals surface area contributed by atoms with Crippen LogP contribution in [0.3, 0.4) is 0 Å². The Morgan fingerprint density at radius 2 is 1.48 bits per heavy atom. The Kier molecular flexibility index (Phi) is 9.72. The van der Waals surface area contributed by atoms with Crippen molar-refractivity contribution in [2.45, 2.75) is 74.5 Å². The standard InChI is InChI=1S/C25H38O6/c1-17(2)14-22(24(6,7)8)25(16-29-18(3)26,15-21-12-10-9-11-13-21)23(28)31-20(5)30-19(4)27/h9-13,17,20,22H,14-16H2,1-8H3. The van der Waals surface area contributed by atoms with E-state index in [-0.39, 0.29) is 17.9 Å². The number of esters is 3. The van der Waals surface area contributed by atoms with Crippen molar-refractivity contribution in [2.75, 3.05) is 6.61 Å². The molecule has 0 fully saturated rings. The maximum atomic E-state index is 13.7. The molecule has 0 bridgehead atoms. The summed E-state index contributed by atoms with van der Waals surface area (Å²) < 4.78 is 16.1. The number of benzene rings is 1. The summed E-state index contributed by atoms with van der Waals surface area (Å²) in [5.74, 6) is -1.40. The molecule has 6 heteroatoms. The molecule has 0 heterocycles. The second-order valence-corrected chi connectivity index (χ2v) is 9.73. The second kappa shape index (κ2) is 11.3. The summed E-state index contributed by atoms with van der Waals surface area (Å²) in [5.41, 5.74) is -0.503. The number of ether oxygens (including phenoxy) is 3. The van der Waals surface area contributed by atoms with Gasteiger partial charge in [0.15, 0.2) is 0 Å². The van der Waals surface area contributed by atoms with Gasteiger partial charge in [0.05, 0.1) is 0 Å². The molecule has 6 nitrogen and oxygen atoms in total. The Morgan fingerprint density at radius 1 is 0.903 bits per heavy atom. The van der Waals surface area contributed by atoms with Gasteiger partial charge >= 0.3 is 17.9 Å². The molecule has 0 amide bonds. The largest absolute Gasteiger partial charge is 0.465 e. The van der Waals surface area contributed by atoms with Crippen LogP contribution in [0.1, 0.15) is 67.4 Å². The molecule has 0 spiro atoms. The lowest BCUT2D eigenvalue weighted by Crippen LogP contribution is -2.52. The Hall–Kier alpha value is -2.37. The van der Waals surface area contributed by atoms with E-state index in [1.165, 1.54) is 20.8 Å². The van der Waals surface area contributed by atoms with Crippen LogP contribution < -0.4 is 0 Å². The average molecular weight is 435 g/mol. The molecule has 0 aliphatic heterocycles. The van der Waals surface area contributed by atoms with Gasteiger partial charge in [-0.25, -0.2) is 0 Å². The minimum atomic E-state index is -1.15. The molecule has 174 valence electrons. The van der Waals surface area contributed by atoms with Crippen LogP contribution in [-0.2, 0) is 35.0 Å². The maximum absolute atomic E-state index is 13.7. The first-order valence-corrected chi connectivity index (χ1v) is 10.8. The molecule has 0 N–H and O–H groups in total. The third kappa shape index (κ3) is 8.35. The number of hydrogen-bond donors (Lipinski definition) is 0. The van der Waals surface area contributed by atoms with Crippen molar-refractivity contribution in [3.8, 4) is 0 Å². The number of carbonyl (C=O) groups excluding carboxylic acids is 3. The van der Waals surface area contributed by atoms with E-state index < -0.39 is 29.6 Å². The number of hydrogen-bond acceptors (Lipinski definition) is 6. The van der Waals surface area contributed by atoms with Crippen molar-refractivity contribution in [1.82, 2.24) is 0 Å². The highest BCUT2D eigenvalue weighted by Crippen LogP contribution is 2.47. The first kappa shape index (κ1) is 26.7. The topological polar surface area (TPSA) is 78.9 Å². The van der Waals surface area contributed by atoms with Gasteiger partial charge in [-0.2, -0.15) is 0 Å². The van der Waals surface area contributed by atoms with Crippen molar-refractivity contribution in [3.05, 3.63) is 35.9 Å². The van der Waals surface area contributed by atoms with Gasteiger partial charge in [-0.1, -0.05) is 65.0 Å². The Labute approximate surface area is 186 Å². The highest BCUT2D eigenvalue weighted by molar-refractivity contribution is 5.79. The van der Waals surface area contributed by atoms with Gasteiger partial charge in [0.25, 0.3) is 0 Å². The Balaban J connectivity index is 3.58. The van der Waals surface area contributed by atoms with Crippen molar-refractivity contribution in [2.24, 2.45) is 22.7 Å². The summed E-state index contributed by atoms with van der Waals surface area (Å²) in [6.45, 7) is 14.4. The van der Waals surface area contributed by atoms with Crippen molar-refractivity contribution >= 4 is 17.9 Å². The predicted molar refractivity (Wildman–Crippen MR) is 119 cm³/mol. The highest BCUT2D eigenvalue weighted by Gasteiger charge is 2.53. The van der Waals surface area contributed by atoms with Crippen LogP contribution in [-0.4, -0.2) is 30.8 Å². The van der Waals surface area contributed by atoms with Gasteiger partial charge in [0, 0.05) is 20.8 Å². The second-order valence-electron chi connectivity index (χ2n) is 9.73. The number of carbonyl (C=O) groups is 3. The fraction of sp³-hybridized carbons (Fsp3) is 0.640. The average Bonchev–Trinajstić information content (AvgIpc) is 2.62. The Morgan fingerprint density at radius 3 is 1.94 bits per heavy atom. The van der Waals surface area contributed by atoms with Crippen molar-refractivity contribution in [1.29, 1.82) is 0 Å². The quantitative estimate of drug-likeness (QED) is 0.383. The first-order valence-electron chi connectivity index (χ1n) is 10.8. The van der Waals surface area contributed by atoms with Crippen molar-refractivity contribution in [3.63, 3.8) is 0 Å². The summed E-state index contributed by atoms with van der Waals surface area (Å²) in [4.78, 5) is 36.9. The normalized spacial score (nSPS) is 15.5. The third-order valence-corrected chi connectivity index (χ3v) is 5.33. The van der Waals surface area contributed by atoms with Gasteiger partial charge in [0.1, 0.15) is 12.0 Å². The minimum absolute atomic E-state index is 0.114. The number of rotatable bonds is 10. The van der Waals surface area contributed by atoms with E-state index in [9.17, 15) is 14.4 Å². The lowest BCUT2D eigenvalue weighted by Gasteiger charge is -2.46. The highest BCUT2D eigenvalue weighted by atomic mass is 16.7. The summed E-state index contributed by atoms with van der Waals surface area (Å²) in [5, 5.41) is 0. The molecule has 31 heavy (non-hydrogen) atoms. The van der Waals surface area contributed by atoms with E-state index in [1.54, 1.807) is 0 Å². The first-order chi connectivity index (χ1) is 14.3. The smallest absolute Gasteiger partial charge is 0.319 e. The zero-order valence-corrected chi connectivity index (χ0v) is 20.2. The molecule has 0 radical (unpaired) electrons. The summed E-state index contributed by atoms with van der Waals surface area (Å²) >= 11 is 0. The summed E-state index contributed by atoms with van der Waals surface area (Å²) in [7, 11) is 0. The van der Waals surface area contributed by atoms with E-state index in [1.807, 2.05) is 30.3 Å². The van der Waals surface area contributed by atoms with E-state index in [4.69, 9.17) is 14.2 Å². The molecule has 3 atom stereocenters. The van der Waals surface area contributed by atoms with Gasteiger partial charge in [-0.05, 0) is 35.7 Å². The van der Waals surface area contributed by atoms with Crippen LogP contribution in [0.25, 0.3) is 0 Å². The molecule has 0 aromatic heterocycles. The van der Waals surface area contributed by atoms with E-state index in [0.717, 1.165) is 12.0 Å². The van der Waals surface area contributed by atoms with Gasteiger partial charge < -0.3 is 14.2 Å². The minimum Gasteiger partial charge on any atom is -0.465 e. The lowest BCUT2D eigenvalue weighted by molar-refractivity contribution is -0.200. The lowest BCUT2D eigenvalue weighted by atomic mass is 9.59. The molecule has 0 aliphatic carbocycles. The van der Waals surface area contributed by atoms with Crippen LogP contribution in [0.2, 0.25) is 0 Å². The molecule has 0 aliphatic rings. The van der Waals surface area contributed by atoms with Crippen molar-refractivity contribution < 1.29 is 28.6 Å². The maximum Gasteiger partial charge on any atom is 0.319 e. The fourth-order valence-electron chi connectivity index (χ4n) is 4.14. The third-order valence-electron chi connectivity index (χ3n) is 5.33. The fourth-order valence-corrected chi connectivity index (χ4v) is 4.14. The van der Waals surface area contributed by atoms with Crippen LogP contribution in [0, 0.1) is 22.7 Å². The summed E-state index contributed by atoms with van der Waals surface area (Å²) in [6, 6.07) is 9.62. The molecule has 0 saturated heterocycles. The predicted octanol–water partition coefficient (Wildman–Crippen LogP) is 4.94. The van der Waals surface area contributed by atoms with E-state index >= 15 is 0 Å². The SMILES string of the molecule is CC(=O)OCC(Cc1ccccc1)(C(=O)OC(C)OC(C)=O)C(CC(C)C)C(C)(C)C. The van der Waals surface area contributed by atoms with Gasteiger partial charge in [0.2, 0.25) is 6.29 Å². The van der Waals surface area contributed by atoms with Gasteiger partial charge in [-0.15, -0.1) is 0 Å². The molecule has 3 unspecified atom stereocenters. The van der Waals surface area contributed by atoms with Gasteiger partial charge in [-0.3, -0.25) is 14.4 Å². The molecule has 1 rings (SSSR count). The zero-order valence-electron chi connectivity index (χ0n) is 20.2. The molecule has 1 aromatic carbocycles. The van der Waals surface area contributed by atoms with Crippen LogP contribution in [0.4, 0.5) is 0 Å². The monoisotopic (exact) mass is 434 g/mol. The van der Waals surface area contributed by atoms with Crippen LogP contribution >= 0.6 is 0 Å². The molecule has 1 aromatic rings. The molecule has 0 saturated carbocycles. The molecular formula is C25H38O6. The Bertz CT molecular complexity index is 734. The summed E-state index contributed by atoms with van der Waals surface area (Å²) in [6.07, 6.45) is 0.0212. The molecular weight excluding hydrogens is 396 g/mol. The van der Waals surface area contributed by atoms with Crippen LogP contribution in [0.5, 0.6) is 0 Å². The van der Waals surface area contributed by atoms with E-state index in [0.29, 0.717) is 12.3 Å². The van der Waals surface area contributed by atoms with E-state index in [2.05, 4.69) is 34.6 Å². The zero-order chi connectivity index (χ0) is 23.8. The van der Waals surface area contributed by atoms with Crippen LogP contribution in [0.15, 0.2) is 30.3 Å².